The topological polar surface area (TPSA) is 74.3 Å². The van der Waals surface area contributed by atoms with Gasteiger partial charge in [-0.15, -0.1) is 11.3 Å². The van der Waals surface area contributed by atoms with Crippen LogP contribution >= 0.6 is 11.3 Å². The van der Waals surface area contributed by atoms with Crippen molar-refractivity contribution in [2.75, 3.05) is 17.2 Å². The molecule has 2 aromatic carbocycles. The van der Waals surface area contributed by atoms with Gasteiger partial charge in [-0.05, 0) is 36.6 Å². The van der Waals surface area contributed by atoms with Crippen LogP contribution in [0.15, 0.2) is 53.9 Å². The standard InChI is InChI=1S/C21H20N4O2S/c1-14-6-8-17(9-7-14)22-20(27)24-21-23-18(13-28-21)19(26)25-11-10-15-4-2-3-5-16(15)12-25/h2-9,13H,10-12H2,1H3,(H2,22,23,24,27). The minimum absolute atomic E-state index is 0.113. The fraction of sp³-hybridized carbons (Fsp3) is 0.190. The first kappa shape index (κ1) is 18.2. The van der Waals surface area contributed by atoms with E-state index in [4.69, 9.17) is 0 Å². The molecule has 142 valence electrons. The molecule has 0 saturated heterocycles. The lowest BCUT2D eigenvalue weighted by Crippen LogP contribution is -2.36. The molecule has 0 atom stereocenters. The van der Waals surface area contributed by atoms with E-state index in [1.807, 2.05) is 43.3 Å². The normalized spacial score (nSPS) is 13.0. The smallest absolute Gasteiger partial charge is 0.325 e. The zero-order valence-corrected chi connectivity index (χ0v) is 16.3. The SMILES string of the molecule is Cc1ccc(NC(=O)Nc2nc(C(=O)N3CCc4ccccc4C3)cs2)cc1. The number of thiazole rings is 1. The van der Waals surface area contributed by atoms with Gasteiger partial charge in [0.25, 0.3) is 5.91 Å². The molecule has 3 aromatic rings. The molecule has 0 bridgehead atoms. The van der Waals surface area contributed by atoms with Gasteiger partial charge >= 0.3 is 6.03 Å². The minimum Gasteiger partial charge on any atom is -0.333 e. The highest BCUT2D eigenvalue weighted by atomic mass is 32.1. The Labute approximate surface area is 167 Å². The van der Waals surface area contributed by atoms with Crippen molar-refractivity contribution in [3.8, 4) is 0 Å². The fourth-order valence-electron chi connectivity index (χ4n) is 3.16. The number of aryl methyl sites for hydroxylation is 1. The summed E-state index contributed by atoms with van der Waals surface area (Å²) in [6.07, 6.45) is 0.843. The lowest BCUT2D eigenvalue weighted by molar-refractivity contribution is 0.0729. The van der Waals surface area contributed by atoms with E-state index in [0.717, 1.165) is 12.0 Å². The largest absolute Gasteiger partial charge is 0.333 e. The van der Waals surface area contributed by atoms with Gasteiger partial charge in [0.15, 0.2) is 5.13 Å². The van der Waals surface area contributed by atoms with Crippen molar-refractivity contribution in [3.05, 3.63) is 76.3 Å². The first-order valence-corrected chi connectivity index (χ1v) is 9.93. The molecule has 0 unspecified atom stereocenters. The van der Waals surface area contributed by atoms with Crippen LogP contribution in [0.5, 0.6) is 0 Å². The Bertz CT molecular complexity index is 1010. The fourth-order valence-corrected chi connectivity index (χ4v) is 3.84. The third kappa shape index (κ3) is 4.04. The van der Waals surface area contributed by atoms with Gasteiger partial charge in [0.05, 0.1) is 0 Å². The van der Waals surface area contributed by atoms with Crippen LogP contribution in [0.3, 0.4) is 0 Å². The quantitative estimate of drug-likeness (QED) is 0.698. The Morgan fingerprint density at radius 1 is 1.04 bits per heavy atom. The molecular weight excluding hydrogens is 372 g/mol. The van der Waals surface area contributed by atoms with Crippen LogP contribution in [0.1, 0.15) is 27.2 Å². The molecule has 4 rings (SSSR count). The Morgan fingerprint density at radius 3 is 2.57 bits per heavy atom. The number of fused-ring (bicyclic) bond motifs is 1. The number of urea groups is 1. The summed E-state index contributed by atoms with van der Waals surface area (Å²) >= 11 is 1.24. The number of hydrogen-bond donors (Lipinski definition) is 2. The molecule has 0 spiro atoms. The summed E-state index contributed by atoms with van der Waals surface area (Å²) in [5, 5.41) is 7.52. The van der Waals surface area contributed by atoms with Gasteiger partial charge in [-0.25, -0.2) is 9.78 Å². The number of carbonyl (C=O) groups is 2. The molecule has 28 heavy (non-hydrogen) atoms. The summed E-state index contributed by atoms with van der Waals surface area (Å²) in [5.74, 6) is -0.113. The first-order valence-electron chi connectivity index (χ1n) is 9.05. The number of anilines is 2. The van der Waals surface area contributed by atoms with Gasteiger partial charge in [0, 0.05) is 24.2 Å². The minimum atomic E-state index is -0.385. The molecule has 0 saturated carbocycles. The van der Waals surface area contributed by atoms with Gasteiger partial charge in [0.2, 0.25) is 0 Å². The van der Waals surface area contributed by atoms with E-state index >= 15 is 0 Å². The number of nitrogens with one attached hydrogen (secondary N) is 2. The summed E-state index contributed by atoms with van der Waals surface area (Å²) in [7, 11) is 0. The lowest BCUT2D eigenvalue weighted by Gasteiger charge is -2.28. The Balaban J connectivity index is 1.38. The zero-order valence-electron chi connectivity index (χ0n) is 15.4. The van der Waals surface area contributed by atoms with Gasteiger partial charge in [-0.2, -0.15) is 0 Å². The summed E-state index contributed by atoms with van der Waals surface area (Å²) in [4.78, 5) is 31.0. The molecule has 7 heteroatoms. The van der Waals surface area contributed by atoms with Gasteiger partial charge in [-0.3, -0.25) is 10.1 Å². The molecular formula is C21H20N4O2S. The van der Waals surface area contributed by atoms with E-state index in [0.29, 0.717) is 29.6 Å². The Kier molecular flexibility index (Phi) is 5.08. The third-order valence-corrected chi connectivity index (χ3v) is 5.43. The molecule has 0 radical (unpaired) electrons. The molecule has 0 fully saturated rings. The van der Waals surface area contributed by atoms with Crippen LogP contribution in [-0.2, 0) is 13.0 Å². The predicted molar refractivity (Wildman–Crippen MR) is 111 cm³/mol. The second kappa shape index (κ2) is 7.82. The zero-order chi connectivity index (χ0) is 19.5. The van der Waals surface area contributed by atoms with Gasteiger partial charge in [-0.1, -0.05) is 42.0 Å². The summed E-state index contributed by atoms with van der Waals surface area (Å²) in [5.41, 5.74) is 4.64. The number of amides is 3. The van der Waals surface area contributed by atoms with Crippen LogP contribution in [0, 0.1) is 6.92 Å². The van der Waals surface area contributed by atoms with Crippen molar-refractivity contribution >= 4 is 34.1 Å². The molecule has 2 heterocycles. The van der Waals surface area contributed by atoms with Crippen LogP contribution in [0.25, 0.3) is 0 Å². The van der Waals surface area contributed by atoms with Crippen LogP contribution in [0.2, 0.25) is 0 Å². The Morgan fingerprint density at radius 2 is 1.79 bits per heavy atom. The highest BCUT2D eigenvalue weighted by molar-refractivity contribution is 7.14. The van der Waals surface area contributed by atoms with Crippen molar-refractivity contribution in [2.45, 2.75) is 19.9 Å². The van der Waals surface area contributed by atoms with Crippen molar-refractivity contribution in [1.82, 2.24) is 9.88 Å². The highest BCUT2D eigenvalue weighted by Gasteiger charge is 2.23. The third-order valence-electron chi connectivity index (χ3n) is 4.67. The average molecular weight is 392 g/mol. The summed E-state index contributed by atoms with van der Waals surface area (Å²) in [6.45, 7) is 3.24. The maximum absolute atomic E-state index is 12.8. The lowest BCUT2D eigenvalue weighted by atomic mass is 10.00. The molecule has 2 N–H and O–H groups in total. The average Bonchev–Trinajstić information content (AvgIpc) is 3.17. The number of nitrogens with zero attached hydrogens (tertiary/aromatic N) is 2. The number of rotatable bonds is 3. The molecule has 1 aliphatic heterocycles. The second-order valence-electron chi connectivity index (χ2n) is 6.73. The van der Waals surface area contributed by atoms with E-state index in [1.54, 1.807) is 10.3 Å². The molecule has 1 aliphatic rings. The van der Waals surface area contributed by atoms with E-state index in [9.17, 15) is 9.59 Å². The number of hydrogen-bond acceptors (Lipinski definition) is 4. The van der Waals surface area contributed by atoms with Gasteiger partial charge in [0.1, 0.15) is 5.69 Å². The van der Waals surface area contributed by atoms with E-state index in [-0.39, 0.29) is 11.9 Å². The Hall–Kier alpha value is -3.19. The molecule has 0 aliphatic carbocycles. The monoisotopic (exact) mass is 392 g/mol. The van der Waals surface area contributed by atoms with Crippen molar-refractivity contribution in [3.63, 3.8) is 0 Å². The van der Waals surface area contributed by atoms with E-state index < -0.39 is 0 Å². The summed E-state index contributed by atoms with van der Waals surface area (Å²) < 4.78 is 0. The maximum Gasteiger partial charge on any atom is 0.325 e. The number of carbonyl (C=O) groups excluding carboxylic acids is 2. The maximum atomic E-state index is 12.8. The van der Waals surface area contributed by atoms with Crippen LogP contribution < -0.4 is 10.6 Å². The van der Waals surface area contributed by atoms with Gasteiger partial charge < -0.3 is 10.2 Å². The van der Waals surface area contributed by atoms with E-state index in [2.05, 4.69) is 27.8 Å². The second-order valence-corrected chi connectivity index (χ2v) is 7.59. The van der Waals surface area contributed by atoms with Crippen LogP contribution in [-0.4, -0.2) is 28.4 Å². The van der Waals surface area contributed by atoms with Crippen molar-refractivity contribution in [2.24, 2.45) is 0 Å². The summed E-state index contributed by atoms with van der Waals surface area (Å²) in [6, 6.07) is 15.3. The predicted octanol–water partition coefficient (Wildman–Crippen LogP) is 4.29. The van der Waals surface area contributed by atoms with Crippen molar-refractivity contribution < 1.29 is 9.59 Å². The molecule has 1 aromatic heterocycles. The highest BCUT2D eigenvalue weighted by Crippen LogP contribution is 2.22. The number of aromatic nitrogens is 1. The first-order chi connectivity index (χ1) is 13.6. The molecule has 6 nitrogen and oxygen atoms in total. The van der Waals surface area contributed by atoms with Crippen LogP contribution in [0.4, 0.5) is 15.6 Å². The van der Waals surface area contributed by atoms with E-state index in [1.165, 1.54) is 22.5 Å². The van der Waals surface area contributed by atoms with Crippen molar-refractivity contribution in [1.29, 1.82) is 0 Å². The molecule has 3 amide bonds. The number of benzene rings is 2.